The molecule has 0 atom stereocenters. The highest BCUT2D eigenvalue weighted by molar-refractivity contribution is 5.95. The number of hydrogen-bond acceptors (Lipinski definition) is 3. The predicted molar refractivity (Wildman–Crippen MR) is 71.7 cm³/mol. The van der Waals surface area contributed by atoms with E-state index in [1.165, 1.54) is 0 Å². The molecule has 0 aliphatic carbocycles. The molecule has 1 N–H and O–H groups in total. The van der Waals surface area contributed by atoms with Gasteiger partial charge in [0.25, 0.3) is 0 Å². The largest absolute Gasteiger partial charge is 0.476 e. The Balaban J connectivity index is 2.19. The first-order valence-electron chi connectivity index (χ1n) is 5.80. The van der Waals surface area contributed by atoms with E-state index in [9.17, 15) is 0 Å². The first kappa shape index (κ1) is 11.7. The summed E-state index contributed by atoms with van der Waals surface area (Å²) in [7, 11) is 0. The van der Waals surface area contributed by atoms with Crippen LogP contribution < -0.4 is 5.32 Å². The number of ether oxygens (including phenoxy) is 1. The summed E-state index contributed by atoms with van der Waals surface area (Å²) in [6.45, 7) is 9.42. The van der Waals surface area contributed by atoms with E-state index in [2.05, 4.69) is 36.8 Å². The first-order valence-corrected chi connectivity index (χ1v) is 5.80. The van der Waals surface area contributed by atoms with Crippen LogP contribution in [0.25, 0.3) is 0 Å². The van der Waals surface area contributed by atoms with Crippen molar-refractivity contribution >= 4 is 11.6 Å². The molecule has 0 bridgehead atoms. The molecular formula is C14H18N2O. The molecule has 17 heavy (non-hydrogen) atoms. The molecule has 0 radical (unpaired) electrons. The maximum atomic E-state index is 5.45. The van der Waals surface area contributed by atoms with Crippen molar-refractivity contribution in [1.82, 2.24) is 0 Å². The molecule has 0 aromatic heterocycles. The van der Waals surface area contributed by atoms with E-state index in [-0.39, 0.29) is 5.54 Å². The average Bonchev–Trinajstić information content (AvgIpc) is 2.82. The van der Waals surface area contributed by atoms with Crippen LogP contribution in [0.5, 0.6) is 0 Å². The van der Waals surface area contributed by atoms with Crippen molar-refractivity contribution in [3.8, 4) is 0 Å². The van der Waals surface area contributed by atoms with E-state index in [4.69, 9.17) is 4.74 Å². The molecule has 2 rings (SSSR count). The van der Waals surface area contributed by atoms with Crippen LogP contribution in [0.2, 0.25) is 0 Å². The Morgan fingerprint density at radius 1 is 1.47 bits per heavy atom. The smallest absolute Gasteiger partial charge is 0.216 e. The molecular weight excluding hydrogens is 212 g/mol. The predicted octanol–water partition coefficient (Wildman–Crippen LogP) is 2.84. The van der Waals surface area contributed by atoms with Crippen molar-refractivity contribution in [2.75, 3.05) is 18.5 Å². The first-order chi connectivity index (χ1) is 8.11. The lowest BCUT2D eigenvalue weighted by molar-refractivity contribution is 0.348. The summed E-state index contributed by atoms with van der Waals surface area (Å²) >= 11 is 0. The zero-order chi connectivity index (χ0) is 12.3. The number of nitrogens with zero attached hydrogens (tertiary/aromatic N) is 1. The van der Waals surface area contributed by atoms with Gasteiger partial charge in [-0.25, -0.2) is 4.99 Å². The topological polar surface area (TPSA) is 33.6 Å². The van der Waals surface area contributed by atoms with Crippen LogP contribution in [0, 0.1) is 0 Å². The SMILES string of the molecule is C=CC(C)(C)Nc1cccc(C2=NCCO2)c1. The molecule has 0 saturated heterocycles. The number of aliphatic imine (C=N–C) groups is 1. The second kappa shape index (κ2) is 4.62. The minimum atomic E-state index is -0.128. The van der Waals surface area contributed by atoms with Crippen LogP contribution in [0.4, 0.5) is 5.69 Å². The van der Waals surface area contributed by atoms with Crippen molar-refractivity contribution in [2.45, 2.75) is 19.4 Å². The number of benzene rings is 1. The summed E-state index contributed by atoms with van der Waals surface area (Å²) in [6.07, 6.45) is 1.89. The lowest BCUT2D eigenvalue weighted by Crippen LogP contribution is -2.27. The third kappa shape index (κ3) is 2.87. The van der Waals surface area contributed by atoms with Gasteiger partial charge >= 0.3 is 0 Å². The van der Waals surface area contributed by atoms with E-state index in [1.807, 2.05) is 24.3 Å². The Morgan fingerprint density at radius 3 is 2.94 bits per heavy atom. The standard InChI is InChI=1S/C14H18N2O/c1-4-14(2,3)16-12-7-5-6-11(10-12)13-15-8-9-17-13/h4-7,10,16H,1,8-9H2,2-3H3. The van der Waals surface area contributed by atoms with Crippen LogP contribution in [0.1, 0.15) is 19.4 Å². The van der Waals surface area contributed by atoms with E-state index in [0.29, 0.717) is 6.61 Å². The fraction of sp³-hybridized carbons (Fsp3) is 0.357. The second-order valence-corrected chi connectivity index (χ2v) is 4.67. The third-order valence-corrected chi connectivity index (χ3v) is 2.67. The fourth-order valence-corrected chi connectivity index (χ4v) is 1.66. The monoisotopic (exact) mass is 230 g/mol. The van der Waals surface area contributed by atoms with E-state index in [0.717, 1.165) is 23.7 Å². The van der Waals surface area contributed by atoms with Crippen LogP contribution in [0.15, 0.2) is 41.9 Å². The zero-order valence-corrected chi connectivity index (χ0v) is 10.4. The normalized spacial score (nSPS) is 15.1. The van der Waals surface area contributed by atoms with Crippen LogP contribution >= 0.6 is 0 Å². The third-order valence-electron chi connectivity index (χ3n) is 2.67. The lowest BCUT2D eigenvalue weighted by atomic mass is 10.1. The Morgan fingerprint density at radius 2 is 2.29 bits per heavy atom. The molecule has 0 unspecified atom stereocenters. The van der Waals surface area contributed by atoms with Gasteiger partial charge in [-0.05, 0) is 32.0 Å². The minimum absolute atomic E-state index is 0.128. The fourth-order valence-electron chi connectivity index (χ4n) is 1.66. The van der Waals surface area contributed by atoms with E-state index < -0.39 is 0 Å². The number of anilines is 1. The molecule has 3 heteroatoms. The lowest BCUT2D eigenvalue weighted by Gasteiger charge is -2.23. The minimum Gasteiger partial charge on any atom is -0.476 e. The summed E-state index contributed by atoms with van der Waals surface area (Å²) in [4.78, 5) is 4.31. The molecule has 0 saturated carbocycles. The van der Waals surface area contributed by atoms with E-state index in [1.54, 1.807) is 0 Å². The molecule has 3 nitrogen and oxygen atoms in total. The molecule has 0 spiro atoms. The highest BCUT2D eigenvalue weighted by Gasteiger charge is 2.14. The average molecular weight is 230 g/mol. The number of nitrogens with one attached hydrogen (secondary N) is 1. The quantitative estimate of drug-likeness (QED) is 0.807. The number of hydrogen-bond donors (Lipinski definition) is 1. The molecule has 0 fully saturated rings. The van der Waals surface area contributed by atoms with Gasteiger partial charge in [0.2, 0.25) is 5.90 Å². The van der Waals surface area contributed by atoms with Gasteiger partial charge in [0, 0.05) is 16.8 Å². The summed E-state index contributed by atoms with van der Waals surface area (Å²) in [5.41, 5.74) is 1.94. The summed E-state index contributed by atoms with van der Waals surface area (Å²) < 4.78 is 5.45. The molecule has 1 aromatic carbocycles. The van der Waals surface area contributed by atoms with Crippen LogP contribution in [-0.4, -0.2) is 24.6 Å². The Kier molecular flexibility index (Phi) is 3.18. The number of rotatable bonds is 4. The molecule has 1 aliphatic rings. The van der Waals surface area contributed by atoms with Gasteiger partial charge in [-0.2, -0.15) is 0 Å². The highest BCUT2D eigenvalue weighted by atomic mass is 16.5. The summed E-state index contributed by atoms with van der Waals surface area (Å²) in [5, 5.41) is 3.40. The van der Waals surface area contributed by atoms with E-state index >= 15 is 0 Å². The molecule has 90 valence electrons. The highest BCUT2D eigenvalue weighted by Crippen LogP contribution is 2.18. The summed E-state index contributed by atoms with van der Waals surface area (Å²) in [6, 6.07) is 8.09. The van der Waals surface area contributed by atoms with Gasteiger partial charge in [0.05, 0.1) is 6.54 Å². The van der Waals surface area contributed by atoms with Crippen molar-refractivity contribution < 1.29 is 4.74 Å². The molecule has 1 aromatic rings. The maximum absolute atomic E-state index is 5.45. The molecule has 1 aliphatic heterocycles. The van der Waals surface area contributed by atoms with Gasteiger partial charge in [-0.3, -0.25) is 0 Å². The van der Waals surface area contributed by atoms with Gasteiger partial charge in [-0.1, -0.05) is 12.1 Å². The Bertz CT molecular complexity index is 449. The van der Waals surface area contributed by atoms with Crippen molar-refractivity contribution in [3.63, 3.8) is 0 Å². The van der Waals surface area contributed by atoms with Gasteiger partial charge in [-0.15, -0.1) is 6.58 Å². The van der Waals surface area contributed by atoms with Crippen LogP contribution in [-0.2, 0) is 4.74 Å². The van der Waals surface area contributed by atoms with Crippen molar-refractivity contribution in [2.24, 2.45) is 4.99 Å². The van der Waals surface area contributed by atoms with Crippen molar-refractivity contribution in [1.29, 1.82) is 0 Å². The van der Waals surface area contributed by atoms with Gasteiger partial charge in [0.15, 0.2) is 0 Å². The van der Waals surface area contributed by atoms with Crippen LogP contribution in [0.3, 0.4) is 0 Å². The van der Waals surface area contributed by atoms with Crippen molar-refractivity contribution in [3.05, 3.63) is 42.5 Å². The summed E-state index contributed by atoms with van der Waals surface area (Å²) in [5.74, 6) is 0.741. The zero-order valence-electron chi connectivity index (χ0n) is 10.4. The van der Waals surface area contributed by atoms with Gasteiger partial charge in [0.1, 0.15) is 6.61 Å². The Hall–Kier alpha value is -1.77. The van der Waals surface area contributed by atoms with Gasteiger partial charge < -0.3 is 10.1 Å². The Labute approximate surface area is 102 Å². The molecule has 1 heterocycles. The molecule has 0 amide bonds. The maximum Gasteiger partial charge on any atom is 0.216 e. The second-order valence-electron chi connectivity index (χ2n) is 4.67.